The fraction of sp³-hybridized carbons (Fsp3) is 0.389. The van der Waals surface area contributed by atoms with E-state index in [0.29, 0.717) is 12.6 Å². The van der Waals surface area contributed by atoms with Crippen LogP contribution in [0.1, 0.15) is 37.7 Å². The summed E-state index contributed by atoms with van der Waals surface area (Å²) in [6.45, 7) is 0.582. The van der Waals surface area contributed by atoms with E-state index in [0.717, 1.165) is 17.0 Å². The Bertz CT molecular complexity index is 654. The van der Waals surface area contributed by atoms with Gasteiger partial charge in [-0.05, 0) is 42.7 Å². The Morgan fingerprint density at radius 3 is 2.68 bits per heavy atom. The van der Waals surface area contributed by atoms with Crippen molar-refractivity contribution in [1.82, 2.24) is 9.97 Å². The third kappa shape index (κ3) is 4.09. The van der Waals surface area contributed by atoms with Crippen molar-refractivity contribution in [3.05, 3.63) is 48.3 Å². The maximum atomic E-state index is 4.43. The highest BCUT2D eigenvalue weighted by Crippen LogP contribution is 2.19. The summed E-state index contributed by atoms with van der Waals surface area (Å²) in [4.78, 5) is 17.4. The molecule has 2 heterocycles. The van der Waals surface area contributed by atoms with E-state index in [1.807, 2.05) is 30.3 Å². The third-order valence-electron chi connectivity index (χ3n) is 3.90. The minimum Gasteiger partial charge on any atom is -0.255 e. The molecule has 4 heteroatoms. The summed E-state index contributed by atoms with van der Waals surface area (Å²) < 4.78 is 0. The molecule has 0 aromatic carbocycles. The van der Waals surface area contributed by atoms with Crippen LogP contribution in [0.25, 0.3) is 11.4 Å². The fourth-order valence-electron chi connectivity index (χ4n) is 2.69. The number of hydrogen-bond acceptors (Lipinski definition) is 4. The molecule has 0 radical (unpaired) electrons. The lowest BCUT2D eigenvalue weighted by molar-refractivity contribution is 0.444. The normalized spacial score (nSPS) is 15.1. The predicted octanol–water partition coefficient (Wildman–Crippen LogP) is 4.15. The summed E-state index contributed by atoms with van der Waals surface area (Å²) in [6.07, 6.45) is 9.85. The maximum absolute atomic E-state index is 4.43. The van der Waals surface area contributed by atoms with E-state index < -0.39 is 0 Å². The van der Waals surface area contributed by atoms with Gasteiger partial charge in [0.25, 0.3) is 0 Å². The first kappa shape index (κ1) is 14.6. The van der Waals surface area contributed by atoms with Gasteiger partial charge in [-0.25, -0.2) is 9.98 Å². The van der Waals surface area contributed by atoms with E-state index in [4.69, 9.17) is 0 Å². The Morgan fingerprint density at radius 1 is 1.00 bits per heavy atom. The van der Waals surface area contributed by atoms with Gasteiger partial charge < -0.3 is 0 Å². The molecule has 2 aromatic heterocycles. The number of aliphatic imine (C=N–C) groups is 2. The van der Waals surface area contributed by atoms with E-state index in [1.54, 1.807) is 12.4 Å². The van der Waals surface area contributed by atoms with Crippen molar-refractivity contribution in [3.8, 4) is 11.4 Å². The second-order valence-corrected chi connectivity index (χ2v) is 5.60. The van der Waals surface area contributed by atoms with Crippen LogP contribution in [0.3, 0.4) is 0 Å². The molecule has 1 saturated carbocycles. The van der Waals surface area contributed by atoms with Gasteiger partial charge >= 0.3 is 0 Å². The number of aromatic nitrogens is 2. The highest BCUT2D eigenvalue weighted by molar-refractivity contribution is 5.54. The second-order valence-electron chi connectivity index (χ2n) is 5.60. The molecule has 0 unspecified atom stereocenters. The smallest absolute Gasteiger partial charge is 0.0898 e. The minimum absolute atomic E-state index is 0.430. The molecule has 0 atom stereocenters. The average Bonchev–Trinajstić information content (AvgIpc) is 2.61. The van der Waals surface area contributed by atoms with Crippen LogP contribution in [0.2, 0.25) is 0 Å². The SMILES string of the molecule is C(=NCc1ccnc(-c2ccccn2)c1)=NC1CCCCC1. The van der Waals surface area contributed by atoms with Crippen molar-refractivity contribution in [2.45, 2.75) is 44.7 Å². The van der Waals surface area contributed by atoms with Crippen molar-refractivity contribution in [1.29, 1.82) is 0 Å². The summed E-state index contributed by atoms with van der Waals surface area (Å²) >= 11 is 0. The van der Waals surface area contributed by atoms with E-state index in [-0.39, 0.29) is 0 Å². The van der Waals surface area contributed by atoms with Crippen LogP contribution in [-0.4, -0.2) is 22.0 Å². The molecule has 0 spiro atoms. The Balaban J connectivity index is 1.64. The van der Waals surface area contributed by atoms with Gasteiger partial charge in [-0.15, -0.1) is 0 Å². The molecule has 2 aromatic rings. The van der Waals surface area contributed by atoms with Gasteiger partial charge in [0.1, 0.15) is 0 Å². The van der Waals surface area contributed by atoms with Crippen LogP contribution in [0.5, 0.6) is 0 Å². The third-order valence-corrected chi connectivity index (χ3v) is 3.90. The van der Waals surface area contributed by atoms with Gasteiger partial charge in [-0.1, -0.05) is 25.3 Å². The Morgan fingerprint density at radius 2 is 1.86 bits per heavy atom. The van der Waals surface area contributed by atoms with Gasteiger partial charge in [0.15, 0.2) is 0 Å². The summed E-state index contributed by atoms with van der Waals surface area (Å²) in [5.74, 6) is 0. The molecule has 112 valence electrons. The van der Waals surface area contributed by atoms with Crippen LogP contribution in [0.4, 0.5) is 0 Å². The molecule has 0 aliphatic heterocycles. The van der Waals surface area contributed by atoms with Crippen LogP contribution in [-0.2, 0) is 6.54 Å². The fourth-order valence-corrected chi connectivity index (χ4v) is 2.69. The van der Waals surface area contributed by atoms with Crippen molar-refractivity contribution >= 4 is 6.01 Å². The van der Waals surface area contributed by atoms with E-state index in [2.05, 4.69) is 26.0 Å². The van der Waals surface area contributed by atoms with Gasteiger partial charge in [0.2, 0.25) is 0 Å². The number of pyridine rings is 2. The molecule has 0 bridgehead atoms. The lowest BCUT2D eigenvalue weighted by Crippen LogP contribution is -2.08. The number of rotatable bonds is 4. The van der Waals surface area contributed by atoms with Gasteiger partial charge in [0.05, 0.1) is 30.0 Å². The summed E-state index contributed by atoms with van der Waals surface area (Å²) in [7, 11) is 0. The minimum atomic E-state index is 0.430. The summed E-state index contributed by atoms with van der Waals surface area (Å²) in [6, 6.07) is 13.1. The molecular weight excluding hydrogens is 272 g/mol. The molecule has 0 saturated heterocycles. The predicted molar refractivity (Wildman–Crippen MR) is 87.9 cm³/mol. The monoisotopic (exact) mass is 292 g/mol. The van der Waals surface area contributed by atoms with Crippen LogP contribution in [0.15, 0.2) is 52.7 Å². The zero-order valence-corrected chi connectivity index (χ0v) is 12.7. The highest BCUT2D eigenvalue weighted by Gasteiger charge is 2.10. The van der Waals surface area contributed by atoms with Crippen molar-refractivity contribution in [3.63, 3.8) is 0 Å². The molecule has 4 nitrogen and oxygen atoms in total. The lowest BCUT2D eigenvalue weighted by Gasteiger charge is -2.15. The molecule has 0 N–H and O–H groups in total. The van der Waals surface area contributed by atoms with Crippen molar-refractivity contribution in [2.24, 2.45) is 9.98 Å². The first-order valence-electron chi connectivity index (χ1n) is 7.89. The molecule has 3 rings (SSSR count). The van der Waals surface area contributed by atoms with E-state index in [1.165, 1.54) is 32.1 Å². The van der Waals surface area contributed by atoms with Crippen molar-refractivity contribution < 1.29 is 0 Å². The highest BCUT2D eigenvalue weighted by atomic mass is 14.8. The Labute approximate surface area is 131 Å². The average molecular weight is 292 g/mol. The summed E-state index contributed by atoms with van der Waals surface area (Å²) in [5, 5.41) is 0. The zero-order valence-electron chi connectivity index (χ0n) is 12.7. The van der Waals surface area contributed by atoms with E-state index in [9.17, 15) is 0 Å². The molecule has 0 amide bonds. The first-order chi connectivity index (χ1) is 10.9. The zero-order chi connectivity index (χ0) is 15.0. The maximum Gasteiger partial charge on any atom is 0.0898 e. The summed E-state index contributed by atoms with van der Waals surface area (Å²) in [5.41, 5.74) is 2.85. The van der Waals surface area contributed by atoms with Gasteiger partial charge in [-0.3, -0.25) is 9.97 Å². The largest absolute Gasteiger partial charge is 0.255 e. The van der Waals surface area contributed by atoms with E-state index >= 15 is 0 Å². The number of nitrogens with zero attached hydrogens (tertiary/aromatic N) is 4. The molecule has 1 aliphatic carbocycles. The van der Waals surface area contributed by atoms with Crippen LogP contribution in [0, 0.1) is 0 Å². The topological polar surface area (TPSA) is 50.5 Å². The molecule has 1 fully saturated rings. The lowest BCUT2D eigenvalue weighted by atomic mass is 9.96. The Hall–Kier alpha value is -2.32. The van der Waals surface area contributed by atoms with Crippen LogP contribution < -0.4 is 0 Å². The van der Waals surface area contributed by atoms with Crippen LogP contribution >= 0.6 is 0 Å². The standard InChI is InChI=1S/C18H20N4/c1-2-6-16(7-3-1)22-14-19-13-15-9-11-21-18(12-15)17-8-4-5-10-20-17/h4-5,8-12,16H,1-3,6-7,13H2. The number of hydrogen-bond donors (Lipinski definition) is 0. The molecule has 22 heavy (non-hydrogen) atoms. The second kappa shape index (κ2) is 7.62. The molecular formula is C18H20N4. The Kier molecular flexibility index (Phi) is 5.06. The first-order valence-corrected chi connectivity index (χ1v) is 7.89. The quantitative estimate of drug-likeness (QED) is 0.795. The van der Waals surface area contributed by atoms with Crippen molar-refractivity contribution in [2.75, 3.05) is 0 Å². The van der Waals surface area contributed by atoms with Gasteiger partial charge in [0, 0.05) is 12.4 Å². The molecule has 1 aliphatic rings. The van der Waals surface area contributed by atoms with Gasteiger partial charge in [-0.2, -0.15) is 0 Å².